The van der Waals surface area contributed by atoms with Crippen molar-refractivity contribution in [3.63, 3.8) is 0 Å². The average Bonchev–Trinajstić information content (AvgIpc) is 3.04. The molecule has 1 saturated carbocycles. The highest BCUT2D eigenvalue weighted by Gasteiger charge is 2.41. The normalized spacial score (nSPS) is 20.3. The van der Waals surface area contributed by atoms with Crippen molar-refractivity contribution in [1.82, 2.24) is 15.3 Å². The van der Waals surface area contributed by atoms with E-state index in [1.165, 1.54) is 18.5 Å². The van der Waals surface area contributed by atoms with Crippen LogP contribution in [-0.2, 0) is 4.74 Å². The van der Waals surface area contributed by atoms with E-state index in [2.05, 4.69) is 36.6 Å². The van der Waals surface area contributed by atoms with Gasteiger partial charge in [0.1, 0.15) is 17.3 Å². The van der Waals surface area contributed by atoms with Crippen molar-refractivity contribution in [2.75, 3.05) is 5.73 Å². The number of nitrogens with one attached hydrogen (secondary N) is 1. The Bertz CT molecular complexity index is 1050. The van der Waals surface area contributed by atoms with Gasteiger partial charge in [-0.05, 0) is 30.5 Å². The topological polar surface area (TPSA) is 120 Å². The van der Waals surface area contributed by atoms with Crippen LogP contribution in [0.25, 0.3) is 0 Å². The van der Waals surface area contributed by atoms with Crippen LogP contribution in [-0.4, -0.2) is 52.2 Å². The van der Waals surface area contributed by atoms with Crippen molar-refractivity contribution in [1.29, 1.82) is 0 Å². The molecule has 1 aromatic carbocycles. The monoisotopic (exact) mass is 472 g/mol. The summed E-state index contributed by atoms with van der Waals surface area (Å²) in [5, 5.41) is 12.4. The number of alkyl halides is 5. The fraction of sp³-hybridized carbons (Fsp3) is 0.350. The number of aliphatic hydroxyl groups is 1. The minimum atomic E-state index is -4.87. The van der Waals surface area contributed by atoms with Gasteiger partial charge in [-0.1, -0.05) is 5.92 Å². The summed E-state index contributed by atoms with van der Waals surface area (Å²) >= 11 is 0. The molecule has 33 heavy (non-hydrogen) atoms. The highest BCUT2D eigenvalue weighted by molar-refractivity contribution is 5.95. The number of hydrogen-bond acceptors (Lipinski definition) is 7. The molecule has 0 radical (unpaired) electrons. The number of nitrogens with two attached hydrogens (primary N) is 1. The second kappa shape index (κ2) is 9.97. The number of anilines is 1. The van der Waals surface area contributed by atoms with E-state index in [4.69, 9.17) is 5.73 Å². The highest BCUT2D eigenvalue weighted by atomic mass is 19.4. The predicted octanol–water partition coefficient (Wildman–Crippen LogP) is 2.22. The predicted molar refractivity (Wildman–Crippen MR) is 103 cm³/mol. The number of rotatable bonds is 5. The van der Waals surface area contributed by atoms with Crippen molar-refractivity contribution in [2.45, 2.75) is 44.1 Å². The van der Waals surface area contributed by atoms with Gasteiger partial charge >= 0.3 is 13.0 Å². The quantitative estimate of drug-likeness (QED) is 0.451. The minimum absolute atomic E-state index is 0.0447. The van der Waals surface area contributed by atoms with Gasteiger partial charge in [0.05, 0.1) is 36.2 Å². The molecule has 1 aliphatic carbocycles. The number of nitrogen functional groups attached to an aromatic ring is 1. The molecule has 1 heterocycles. The molecular formula is C20H17F5N4O4. The number of ether oxygens (including phenoxy) is 2. The van der Waals surface area contributed by atoms with E-state index < -0.39 is 37.1 Å². The van der Waals surface area contributed by atoms with Crippen LogP contribution in [0, 0.1) is 11.8 Å². The Hall–Kier alpha value is -3.50. The van der Waals surface area contributed by atoms with Crippen LogP contribution < -0.4 is 15.8 Å². The Morgan fingerprint density at radius 3 is 2.61 bits per heavy atom. The van der Waals surface area contributed by atoms with Crippen molar-refractivity contribution in [3.8, 4) is 17.6 Å². The number of nitrogens with zero attached hydrogens (tertiary/aromatic N) is 2. The van der Waals surface area contributed by atoms with Crippen LogP contribution in [0.15, 0.2) is 30.6 Å². The lowest BCUT2D eigenvalue weighted by Gasteiger charge is -2.17. The minimum Gasteiger partial charge on any atom is -0.434 e. The number of hydrogen-bond donors (Lipinski definition) is 3. The van der Waals surface area contributed by atoms with Crippen molar-refractivity contribution >= 4 is 11.7 Å². The van der Waals surface area contributed by atoms with Crippen LogP contribution >= 0.6 is 0 Å². The Kier molecular flexibility index (Phi) is 7.29. The van der Waals surface area contributed by atoms with Gasteiger partial charge in [-0.25, -0.2) is 9.97 Å². The third kappa shape index (κ3) is 6.99. The van der Waals surface area contributed by atoms with Gasteiger partial charge in [0.15, 0.2) is 0 Å². The number of aromatic nitrogens is 2. The second-order valence-corrected chi connectivity index (χ2v) is 6.97. The van der Waals surface area contributed by atoms with Crippen LogP contribution in [0.2, 0.25) is 0 Å². The largest absolute Gasteiger partial charge is 0.522 e. The maximum atomic E-state index is 12.7. The molecule has 3 atom stereocenters. The van der Waals surface area contributed by atoms with E-state index in [1.807, 2.05) is 0 Å². The SMILES string of the molecule is Nc1cnc(C#Cc2cc(C(=O)N[C@H]3C[C@H](OC(F)(F)F)C[C@@H]3O)ccc2OC(F)F)cn1. The Balaban J connectivity index is 1.78. The first kappa shape index (κ1) is 24.1. The second-order valence-electron chi connectivity index (χ2n) is 6.97. The summed E-state index contributed by atoms with van der Waals surface area (Å²) in [5.41, 5.74) is 5.48. The molecule has 0 unspecified atom stereocenters. The third-order valence-electron chi connectivity index (χ3n) is 4.56. The molecule has 1 aromatic heterocycles. The average molecular weight is 472 g/mol. The Morgan fingerprint density at radius 2 is 1.97 bits per heavy atom. The highest BCUT2D eigenvalue weighted by Crippen LogP contribution is 2.30. The first-order chi connectivity index (χ1) is 15.5. The number of halogens is 5. The molecule has 0 saturated heterocycles. The summed E-state index contributed by atoms with van der Waals surface area (Å²) in [6, 6.07) is 2.43. The van der Waals surface area contributed by atoms with Gasteiger partial charge < -0.3 is 20.9 Å². The molecule has 0 aliphatic heterocycles. The van der Waals surface area contributed by atoms with Crippen molar-refractivity contribution in [2.24, 2.45) is 0 Å². The van der Waals surface area contributed by atoms with Gasteiger partial charge in [-0.3, -0.25) is 9.53 Å². The molecule has 4 N–H and O–H groups in total. The van der Waals surface area contributed by atoms with E-state index in [1.54, 1.807) is 0 Å². The Morgan fingerprint density at radius 1 is 1.21 bits per heavy atom. The van der Waals surface area contributed by atoms with Gasteiger partial charge in [-0.15, -0.1) is 13.2 Å². The van der Waals surface area contributed by atoms with Gasteiger partial charge in [-0.2, -0.15) is 8.78 Å². The summed E-state index contributed by atoms with van der Waals surface area (Å²) in [5.74, 6) is 4.22. The van der Waals surface area contributed by atoms with Crippen LogP contribution in [0.1, 0.15) is 34.5 Å². The van der Waals surface area contributed by atoms with Crippen molar-refractivity contribution < 1.29 is 41.3 Å². The van der Waals surface area contributed by atoms with Crippen LogP contribution in [0.4, 0.5) is 27.8 Å². The summed E-state index contributed by atoms with van der Waals surface area (Å²) in [7, 11) is 0. The third-order valence-corrected chi connectivity index (χ3v) is 4.56. The number of carbonyl (C=O) groups excluding carboxylic acids is 1. The smallest absolute Gasteiger partial charge is 0.434 e. The van der Waals surface area contributed by atoms with E-state index in [9.17, 15) is 31.9 Å². The first-order valence-corrected chi connectivity index (χ1v) is 9.42. The van der Waals surface area contributed by atoms with Crippen molar-refractivity contribution in [3.05, 3.63) is 47.4 Å². The fourth-order valence-corrected chi connectivity index (χ4v) is 3.16. The lowest BCUT2D eigenvalue weighted by atomic mass is 10.1. The van der Waals surface area contributed by atoms with Crippen LogP contribution in [0.3, 0.4) is 0 Å². The van der Waals surface area contributed by atoms with E-state index in [0.717, 1.165) is 12.1 Å². The molecule has 13 heteroatoms. The molecule has 1 fully saturated rings. The van der Waals surface area contributed by atoms with Gasteiger partial charge in [0, 0.05) is 12.0 Å². The van der Waals surface area contributed by atoms with Gasteiger partial charge in [0.25, 0.3) is 5.91 Å². The fourth-order valence-electron chi connectivity index (χ4n) is 3.16. The lowest BCUT2D eigenvalue weighted by Crippen LogP contribution is -2.40. The van der Waals surface area contributed by atoms with E-state index in [-0.39, 0.29) is 41.2 Å². The molecular weight excluding hydrogens is 455 g/mol. The van der Waals surface area contributed by atoms with Gasteiger partial charge in [0.2, 0.25) is 0 Å². The maximum absolute atomic E-state index is 12.7. The number of amides is 1. The summed E-state index contributed by atoms with van der Waals surface area (Å²) < 4.78 is 71.0. The van der Waals surface area contributed by atoms with E-state index >= 15 is 0 Å². The summed E-state index contributed by atoms with van der Waals surface area (Å²) in [6.45, 7) is -3.15. The van der Waals surface area contributed by atoms with Crippen LogP contribution in [0.5, 0.6) is 5.75 Å². The number of carbonyl (C=O) groups is 1. The lowest BCUT2D eigenvalue weighted by molar-refractivity contribution is -0.342. The zero-order chi connectivity index (χ0) is 24.2. The molecule has 176 valence electrons. The number of benzene rings is 1. The van der Waals surface area contributed by atoms with E-state index in [0.29, 0.717) is 0 Å². The zero-order valence-corrected chi connectivity index (χ0v) is 16.6. The molecule has 1 amide bonds. The standard InChI is InChI=1S/C20H17F5N4O4/c21-19(22)32-16-4-2-11(5-10(16)1-3-12-8-28-17(26)9-27-12)18(31)29-14-6-13(7-15(14)30)33-20(23,24)25/h2,4-5,8-9,13-15,19,30H,6-7H2,(H2,26,28)(H,29,31)/t13-,14-,15-/m0/s1. The molecule has 1 aliphatic rings. The molecule has 8 nitrogen and oxygen atoms in total. The maximum Gasteiger partial charge on any atom is 0.522 e. The molecule has 0 spiro atoms. The molecule has 0 bridgehead atoms. The zero-order valence-electron chi connectivity index (χ0n) is 16.6. The number of aliphatic hydroxyl groups excluding tert-OH is 1. The molecule has 2 aromatic rings. The summed E-state index contributed by atoms with van der Waals surface area (Å²) in [4.78, 5) is 20.3. The Labute approximate surface area is 183 Å². The molecule has 3 rings (SSSR count). The summed E-state index contributed by atoms with van der Waals surface area (Å²) in [6.07, 6.45) is -5.51. The first-order valence-electron chi connectivity index (χ1n) is 9.42.